The van der Waals surface area contributed by atoms with Crippen molar-refractivity contribution in [3.63, 3.8) is 0 Å². The SMILES string of the molecule is CC[C@H]1CC[C@H](C2CC=C(c3cnc(-c4ccc(C[C@H](NC(=O)c5ccc(C(C)(C)C)s5)C(=O)N5CCC[C@H]5C(=O)O)cc4)nc3)CC2)CC1. The number of thiophene rings is 1. The van der Waals surface area contributed by atoms with Gasteiger partial charge in [-0.15, -0.1) is 11.3 Å². The van der Waals surface area contributed by atoms with Crippen molar-refractivity contribution in [3.8, 4) is 11.4 Å². The molecule has 0 bridgehead atoms. The fourth-order valence-corrected chi connectivity index (χ4v) is 9.03. The van der Waals surface area contributed by atoms with Crippen LogP contribution in [0.1, 0.15) is 118 Å². The highest BCUT2D eigenvalue weighted by Gasteiger charge is 2.38. The molecule has 1 unspecified atom stereocenters. The molecule has 9 heteroatoms. The fraction of sp³-hybridized carbons (Fsp3) is 0.537. The number of rotatable bonds is 10. The quantitative estimate of drug-likeness (QED) is 0.221. The van der Waals surface area contributed by atoms with Crippen molar-refractivity contribution >= 4 is 34.7 Å². The minimum atomic E-state index is -1.02. The van der Waals surface area contributed by atoms with Crippen molar-refractivity contribution in [2.45, 2.75) is 116 Å². The molecule has 266 valence electrons. The molecule has 2 aliphatic carbocycles. The largest absolute Gasteiger partial charge is 0.480 e. The second kappa shape index (κ2) is 15.6. The molecule has 0 spiro atoms. The van der Waals surface area contributed by atoms with Gasteiger partial charge in [0, 0.05) is 41.4 Å². The van der Waals surface area contributed by atoms with E-state index in [1.54, 1.807) is 6.07 Å². The van der Waals surface area contributed by atoms with E-state index in [9.17, 15) is 19.5 Å². The molecule has 8 nitrogen and oxygen atoms in total. The van der Waals surface area contributed by atoms with E-state index < -0.39 is 18.1 Å². The summed E-state index contributed by atoms with van der Waals surface area (Å²) in [5.41, 5.74) is 4.06. The first-order valence-electron chi connectivity index (χ1n) is 18.6. The lowest BCUT2D eigenvalue weighted by atomic mass is 9.71. The minimum absolute atomic E-state index is 0.0990. The van der Waals surface area contributed by atoms with Crippen LogP contribution in [0, 0.1) is 17.8 Å². The molecular formula is C41H52N4O4S. The number of hydrogen-bond acceptors (Lipinski definition) is 6. The number of nitrogens with zero attached hydrogens (tertiary/aromatic N) is 3. The van der Waals surface area contributed by atoms with Gasteiger partial charge in [-0.1, -0.05) is 77.3 Å². The summed E-state index contributed by atoms with van der Waals surface area (Å²) in [4.78, 5) is 51.6. The Morgan fingerprint density at radius 3 is 2.26 bits per heavy atom. The van der Waals surface area contributed by atoms with E-state index in [2.05, 4.69) is 39.1 Å². The average molecular weight is 697 g/mol. The van der Waals surface area contributed by atoms with Gasteiger partial charge in [0.1, 0.15) is 12.1 Å². The smallest absolute Gasteiger partial charge is 0.326 e. The van der Waals surface area contributed by atoms with E-state index in [1.807, 2.05) is 42.7 Å². The Morgan fingerprint density at radius 2 is 1.66 bits per heavy atom. The van der Waals surface area contributed by atoms with Gasteiger partial charge in [-0.3, -0.25) is 9.59 Å². The maximum atomic E-state index is 13.8. The summed E-state index contributed by atoms with van der Waals surface area (Å²) < 4.78 is 0. The first kappa shape index (κ1) is 36.0. The van der Waals surface area contributed by atoms with Gasteiger partial charge in [0.15, 0.2) is 5.82 Å². The Balaban J connectivity index is 1.12. The Labute approximate surface area is 300 Å². The van der Waals surface area contributed by atoms with Crippen LogP contribution >= 0.6 is 11.3 Å². The third kappa shape index (κ3) is 8.36. The molecule has 50 heavy (non-hydrogen) atoms. The molecule has 3 atom stereocenters. The molecule has 3 heterocycles. The van der Waals surface area contributed by atoms with Crippen LogP contribution in [-0.2, 0) is 21.4 Å². The summed E-state index contributed by atoms with van der Waals surface area (Å²) in [6.45, 7) is 8.97. The maximum Gasteiger partial charge on any atom is 0.326 e. The van der Waals surface area contributed by atoms with Crippen molar-refractivity contribution in [1.82, 2.24) is 20.2 Å². The highest BCUT2D eigenvalue weighted by atomic mass is 32.1. The Morgan fingerprint density at radius 1 is 0.940 bits per heavy atom. The number of nitrogens with one attached hydrogen (secondary N) is 1. The Hall–Kier alpha value is -3.85. The number of hydrogen-bond donors (Lipinski definition) is 2. The molecule has 6 rings (SSSR count). The van der Waals surface area contributed by atoms with Crippen LogP contribution in [0.15, 0.2) is 54.9 Å². The third-order valence-electron chi connectivity index (χ3n) is 11.3. The van der Waals surface area contributed by atoms with Crippen LogP contribution < -0.4 is 5.32 Å². The number of aromatic nitrogens is 2. The lowest BCUT2D eigenvalue weighted by Crippen LogP contribution is -2.52. The molecule has 1 saturated heterocycles. The van der Waals surface area contributed by atoms with Gasteiger partial charge in [-0.2, -0.15) is 0 Å². The van der Waals surface area contributed by atoms with Gasteiger partial charge in [0.05, 0.1) is 4.88 Å². The van der Waals surface area contributed by atoms with Crippen LogP contribution in [0.3, 0.4) is 0 Å². The number of carbonyl (C=O) groups excluding carboxylic acids is 2. The van der Waals surface area contributed by atoms with E-state index in [0.29, 0.717) is 30.1 Å². The predicted octanol–water partition coefficient (Wildman–Crippen LogP) is 8.32. The van der Waals surface area contributed by atoms with Crippen LogP contribution in [0.4, 0.5) is 0 Å². The zero-order valence-electron chi connectivity index (χ0n) is 30.0. The predicted molar refractivity (Wildman–Crippen MR) is 199 cm³/mol. The van der Waals surface area contributed by atoms with Crippen molar-refractivity contribution < 1.29 is 19.5 Å². The molecule has 2 N–H and O–H groups in total. The first-order valence-corrected chi connectivity index (χ1v) is 19.4. The number of carboxylic acid groups (broad SMARTS) is 1. The molecule has 2 amide bonds. The van der Waals surface area contributed by atoms with Crippen LogP contribution in [0.25, 0.3) is 17.0 Å². The molecule has 1 aliphatic heterocycles. The summed E-state index contributed by atoms with van der Waals surface area (Å²) in [5.74, 6) is 1.55. The third-order valence-corrected chi connectivity index (χ3v) is 12.8. The summed E-state index contributed by atoms with van der Waals surface area (Å²) in [6, 6.07) is 9.70. The van der Waals surface area contributed by atoms with E-state index in [0.717, 1.165) is 52.2 Å². The summed E-state index contributed by atoms with van der Waals surface area (Å²) in [7, 11) is 0. The van der Waals surface area contributed by atoms with Gasteiger partial charge in [-0.05, 0) is 91.4 Å². The number of carboxylic acids is 1. The van der Waals surface area contributed by atoms with Crippen molar-refractivity contribution in [2.75, 3.05) is 6.54 Å². The topological polar surface area (TPSA) is 112 Å². The first-order chi connectivity index (χ1) is 24.0. The number of aliphatic carboxylic acids is 1. The van der Waals surface area contributed by atoms with Gasteiger partial charge in [0.25, 0.3) is 5.91 Å². The van der Waals surface area contributed by atoms with Gasteiger partial charge < -0.3 is 15.3 Å². The van der Waals surface area contributed by atoms with Gasteiger partial charge >= 0.3 is 5.97 Å². The Kier molecular flexibility index (Phi) is 11.2. The number of allylic oxidation sites excluding steroid dienone is 2. The number of likely N-dealkylation sites (tertiary alicyclic amines) is 1. The van der Waals surface area contributed by atoms with Gasteiger partial charge in [0.2, 0.25) is 5.91 Å². The normalized spacial score (nSPS) is 23.3. The van der Waals surface area contributed by atoms with Crippen LogP contribution in [0.2, 0.25) is 0 Å². The standard InChI is InChI=1S/C41H52N4O4S/c1-5-26-8-12-28(13-9-26)29-16-18-30(19-17-29)32-24-42-37(43-25-32)31-14-10-27(11-15-31)23-33(39(47)45-22-6-7-34(45)40(48)49)44-38(46)35-20-21-36(50-35)41(2,3)4/h10-11,14-15,18,20-21,24-26,28-29,33-34H,5-9,12-13,16-17,19,22-23H2,1-4H3,(H,44,46)(H,48,49)/t26-,28-,29?,33-,34-/m0/s1. The summed E-state index contributed by atoms with van der Waals surface area (Å²) in [5, 5.41) is 12.7. The zero-order valence-corrected chi connectivity index (χ0v) is 30.8. The van der Waals surface area contributed by atoms with Crippen molar-refractivity contribution in [2.24, 2.45) is 17.8 Å². The molecular weight excluding hydrogens is 645 g/mol. The Bertz CT molecular complexity index is 1680. The lowest BCUT2D eigenvalue weighted by Gasteiger charge is -2.35. The molecule has 1 aromatic carbocycles. The molecule has 2 fully saturated rings. The lowest BCUT2D eigenvalue weighted by molar-refractivity contribution is -0.148. The number of amides is 2. The van der Waals surface area contributed by atoms with Gasteiger partial charge in [-0.25, -0.2) is 14.8 Å². The second-order valence-corrected chi connectivity index (χ2v) is 16.7. The van der Waals surface area contributed by atoms with E-state index in [4.69, 9.17) is 9.97 Å². The monoisotopic (exact) mass is 696 g/mol. The van der Waals surface area contributed by atoms with Crippen molar-refractivity contribution in [1.29, 1.82) is 0 Å². The summed E-state index contributed by atoms with van der Waals surface area (Å²) >= 11 is 1.41. The second-order valence-electron chi connectivity index (χ2n) is 15.6. The minimum Gasteiger partial charge on any atom is -0.480 e. The van der Waals surface area contributed by atoms with E-state index in [1.165, 1.54) is 60.3 Å². The fourth-order valence-electron chi connectivity index (χ4n) is 8.06. The van der Waals surface area contributed by atoms with E-state index in [-0.39, 0.29) is 23.7 Å². The van der Waals surface area contributed by atoms with Crippen molar-refractivity contribution in [3.05, 3.63) is 75.7 Å². The number of benzene rings is 1. The molecule has 0 radical (unpaired) electrons. The number of carbonyl (C=O) groups is 3. The van der Waals surface area contributed by atoms with Crippen LogP contribution in [-0.4, -0.2) is 56.4 Å². The molecule has 2 aromatic heterocycles. The molecule has 1 saturated carbocycles. The highest BCUT2D eigenvalue weighted by molar-refractivity contribution is 7.14. The van der Waals surface area contributed by atoms with Crippen LogP contribution in [0.5, 0.6) is 0 Å². The maximum absolute atomic E-state index is 13.8. The highest BCUT2D eigenvalue weighted by Crippen LogP contribution is 2.41. The average Bonchev–Trinajstić information content (AvgIpc) is 3.83. The molecule has 3 aliphatic rings. The molecule has 3 aromatic rings. The zero-order chi connectivity index (χ0) is 35.4. The summed E-state index contributed by atoms with van der Waals surface area (Å²) in [6.07, 6.45) is 18.0. The van der Waals surface area contributed by atoms with E-state index >= 15 is 0 Å².